The zero-order valence-electron chi connectivity index (χ0n) is 13.1. The lowest BCUT2D eigenvalue weighted by molar-refractivity contribution is 0.0534. The molecular formula is C16H22Br2N2O2. The number of nitrogens with one attached hydrogen (secondary N) is 2. The molecule has 0 heterocycles. The van der Waals surface area contributed by atoms with Crippen LogP contribution in [-0.4, -0.2) is 24.8 Å². The van der Waals surface area contributed by atoms with Gasteiger partial charge in [-0.15, -0.1) is 0 Å². The predicted octanol–water partition coefficient (Wildman–Crippen LogP) is 4.38. The van der Waals surface area contributed by atoms with Crippen LogP contribution in [0.4, 0.5) is 4.79 Å². The highest BCUT2D eigenvalue weighted by molar-refractivity contribution is 9.13. The molecule has 0 aliphatic carbocycles. The van der Waals surface area contributed by atoms with Crippen molar-refractivity contribution < 1.29 is 9.53 Å². The fourth-order valence-corrected chi connectivity index (χ4v) is 2.25. The molecule has 0 bridgehead atoms. The summed E-state index contributed by atoms with van der Waals surface area (Å²) < 4.78 is 7.23. The van der Waals surface area contributed by atoms with Gasteiger partial charge in [0, 0.05) is 28.6 Å². The van der Waals surface area contributed by atoms with Crippen LogP contribution in [0.15, 0.2) is 39.3 Å². The largest absolute Gasteiger partial charge is 0.444 e. The maximum Gasteiger partial charge on any atom is 0.407 e. The highest BCUT2D eigenvalue weighted by atomic mass is 79.9. The number of alkyl carbamates (subject to hydrolysis) is 1. The number of carbonyl (C=O) groups excluding carboxylic acids is 1. The quantitative estimate of drug-likeness (QED) is 0.516. The van der Waals surface area contributed by atoms with Crippen LogP contribution in [0.3, 0.4) is 0 Å². The first kappa shape index (κ1) is 19.2. The van der Waals surface area contributed by atoms with E-state index in [9.17, 15) is 4.79 Å². The molecule has 0 atom stereocenters. The minimum absolute atomic E-state index is 0.398. The Morgan fingerprint density at radius 1 is 1.18 bits per heavy atom. The zero-order chi connectivity index (χ0) is 16.6. The normalized spacial score (nSPS) is 11.7. The Kier molecular flexibility index (Phi) is 8.14. The number of halogens is 2. The standard InChI is InChI=1S/C16H22Br2N2O2/c1-16(2,3)22-15(21)20-9-5-4-8-19-11-12-6-7-13(17)14(18)10-12/h4-7,10,19H,8-9,11H2,1-3H3,(H,20,21)/b5-4+. The molecule has 0 saturated carbocycles. The van der Waals surface area contributed by atoms with Gasteiger partial charge in [-0.2, -0.15) is 0 Å². The Morgan fingerprint density at radius 2 is 1.86 bits per heavy atom. The van der Waals surface area contributed by atoms with E-state index in [1.807, 2.05) is 39.0 Å². The summed E-state index contributed by atoms with van der Waals surface area (Å²) in [5, 5.41) is 5.98. The number of carbonyl (C=O) groups is 1. The van der Waals surface area contributed by atoms with Crippen LogP contribution in [0.2, 0.25) is 0 Å². The average Bonchev–Trinajstić information content (AvgIpc) is 2.39. The molecule has 22 heavy (non-hydrogen) atoms. The van der Waals surface area contributed by atoms with Gasteiger partial charge in [-0.25, -0.2) is 4.79 Å². The molecule has 0 aliphatic rings. The van der Waals surface area contributed by atoms with Gasteiger partial charge in [-0.1, -0.05) is 18.2 Å². The molecule has 1 rings (SSSR count). The number of amides is 1. The Morgan fingerprint density at radius 3 is 2.50 bits per heavy atom. The summed E-state index contributed by atoms with van der Waals surface area (Å²) in [4.78, 5) is 11.4. The molecule has 0 saturated heterocycles. The van der Waals surface area contributed by atoms with Crippen LogP contribution in [0.5, 0.6) is 0 Å². The zero-order valence-corrected chi connectivity index (χ0v) is 16.3. The molecule has 0 unspecified atom stereocenters. The Hall–Kier alpha value is -0.850. The number of hydrogen-bond acceptors (Lipinski definition) is 3. The van der Waals surface area contributed by atoms with Gasteiger partial charge in [0.05, 0.1) is 0 Å². The highest BCUT2D eigenvalue weighted by Crippen LogP contribution is 2.23. The maximum absolute atomic E-state index is 11.4. The van der Waals surface area contributed by atoms with Gasteiger partial charge in [0.2, 0.25) is 0 Å². The van der Waals surface area contributed by atoms with Crippen LogP contribution in [0.1, 0.15) is 26.3 Å². The van der Waals surface area contributed by atoms with Gasteiger partial charge < -0.3 is 15.4 Å². The Labute approximate surface area is 149 Å². The summed E-state index contributed by atoms with van der Waals surface area (Å²) in [6.45, 7) is 7.51. The Bertz CT molecular complexity index is 525. The molecule has 0 aromatic heterocycles. The lowest BCUT2D eigenvalue weighted by Gasteiger charge is -2.19. The first-order chi connectivity index (χ1) is 10.3. The number of benzene rings is 1. The van der Waals surface area contributed by atoms with Crippen LogP contribution in [-0.2, 0) is 11.3 Å². The van der Waals surface area contributed by atoms with Gasteiger partial charge in [0.25, 0.3) is 0 Å². The first-order valence-electron chi connectivity index (χ1n) is 7.04. The van der Waals surface area contributed by atoms with E-state index in [1.165, 1.54) is 5.56 Å². The molecule has 0 radical (unpaired) electrons. The maximum atomic E-state index is 11.4. The summed E-state index contributed by atoms with van der Waals surface area (Å²) in [7, 11) is 0. The molecule has 0 fully saturated rings. The highest BCUT2D eigenvalue weighted by Gasteiger charge is 2.14. The lowest BCUT2D eigenvalue weighted by atomic mass is 10.2. The van der Waals surface area contributed by atoms with Crippen molar-refractivity contribution in [2.24, 2.45) is 0 Å². The monoisotopic (exact) mass is 432 g/mol. The molecule has 0 aliphatic heterocycles. The van der Waals surface area contributed by atoms with E-state index in [-0.39, 0.29) is 0 Å². The topological polar surface area (TPSA) is 50.4 Å². The third kappa shape index (κ3) is 8.56. The molecule has 2 N–H and O–H groups in total. The average molecular weight is 434 g/mol. The number of hydrogen-bond donors (Lipinski definition) is 2. The van der Waals surface area contributed by atoms with Crippen LogP contribution in [0.25, 0.3) is 0 Å². The van der Waals surface area contributed by atoms with E-state index in [2.05, 4.69) is 54.6 Å². The van der Waals surface area contributed by atoms with Crippen molar-refractivity contribution in [2.75, 3.05) is 13.1 Å². The van der Waals surface area contributed by atoms with Crippen molar-refractivity contribution in [3.63, 3.8) is 0 Å². The smallest absolute Gasteiger partial charge is 0.407 e. The van der Waals surface area contributed by atoms with E-state index in [0.29, 0.717) is 6.54 Å². The summed E-state index contributed by atoms with van der Waals surface area (Å²) >= 11 is 6.93. The van der Waals surface area contributed by atoms with Crippen molar-refractivity contribution in [3.05, 3.63) is 44.9 Å². The van der Waals surface area contributed by atoms with Gasteiger partial charge in [0.15, 0.2) is 0 Å². The summed E-state index contributed by atoms with van der Waals surface area (Å²) in [5.41, 5.74) is 0.740. The third-order valence-corrected chi connectivity index (χ3v) is 4.38. The summed E-state index contributed by atoms with van der Waals surface area (Å²) in [5.74, 6) is 0. The number of ether oxygens (including phenoxy) is 1. The molecule has 122 valence electrons. The SMILES string of the molecule is CC(C)(C)OC(=O)NC/C=C/CNCc1ccc(Br)c(Br)c1. The van der Waals surface area contributed by atoms with Gasteiger partial charge in [0.1, 0.15) is 5.60 Å². The fourth-order valence-electron chi connectivity index (χ4n) is 1.57. The Balaban J connectivity index is 2.16. The van der Waals surface area contributed by atoms with Crippen molar-refractivity contribution in [3.8, 4) is 0 Å². The molecular weight excluding hydrogens is 412 g/mol. The minimum atomic E-state index is -0.464. The second-order valence-electron chi connectivity index (χ2n) is 5.73. The van der Waals surface area contributed by atoms with E-state index in [0.717, 1.165) is 22.0 Å². The molecule has 6 heteroatoms. The summed E-state index contributed by atoms with van der Waals surface area (Å²) in [6, 6.07) is 6.15. The van der Waals surface area contributed by atoms with Crippen LogP contribution >= 0.6 is 31.9 Å². The lowest BCUT2D eigenvalue weighted by Crippen LogP contribution is -2.32. The molecule has 0 spiro atoms. The molecule has 1 amide bonds. The van der Waals surface area contributed by atoms with Gasteiger partial charge >= 0.3 is 6.09 Å². The van der Waals surface area contributed by atoms with Gasteiger partial charge in [-0.3, -0.25) is 0 Å². The third-order valence-electron chi connectivity index (χ3n) is 2.51. The van der Waals surface area contributed by atoms with E-state index < -0.39 is 11.7 Å². The molecule has 4 nitrogen and oxygen atoms in total. The minimum Gasteiger partial charge on any atom is -0.444 e. The predicted molar refractivity (Wildman–Crippen MR) is 96.9 cm³/mol. The summed E-state index contributed by atoms with van der Waals surface area (Å²) in [6.07, 6.45) is 3.48. The first-order valence-corrected chi connectivity index (χ1v) is 8.63. The van der Waals surface area contributed by atoms with E-state index in [1.54, 1.807) is 0 Å². The van der Waals surface area contributed by atoms with Crippen molar-refractivity contribution >= 4 is 38.0 Å². The van der Waals surface area contributed by atoms with E-state index >= 15 is 0 Å². The fraction of sp³-hybridized carbons (Fsp3) is 0.438. The van der Waals surface area contributed by atoms with Crippen LogP contribution in [0, 0.1) is 0 Å². The van der Waals surface area contributed by atoms with Crippen LogP contribution < -0.4 is 10.6 Å². The van der Waals surface area contributed by atoms with E-state index in [4.69, 9.17) is 4.74 Å². The second kappa shape index (κ2) is 9.33. The molecule has 1 aromatic rings. The van der Waals surface area contributed by atoms with Crippen molar-refractivity contribution in [1.29, 1.82) is 0 Å². The van der Waals surface area contributed by atoms with Crippen molar-refractivity contribution in [2.45, 2.75) is 32.9 Å². The second-order valence-corrected chi connectivity index (χ2v) is 7.44. The molecule has 1 aromatic carbocycles. The van der Waals surface area contributed by atoms with Crippen molar-refractivity contribution in [1.82, 2.24) is 10.6 Å². The van der Waals surface area contributed by atoms with Gasteiger partial charge in [-0.05, 0) is 70.3 Å². The number of rotatable bonds is 6.